The topological polar surface area (TPSA) is 30.2 Å². The highest BCUT2D eigenvalue weighted by molar-refractivity contribution is 7.27. The number of fused-ring (bicyclic) bond motifs is 4. The molecule has 0 N–H and O–H groups in total. The number of halogens is 1. The number of hydrogen-bond acceptors (Lipinski definition) is 2. The molecule has 0 aliphatic heterocycles. The van der Waals surface area contributed by atoms with Gasteiger partial charge in [-0.3, -0.25) is 4.79 Å². The lowest BCUT2D eigenvalue weighted by atomic mass is 10.0. The molecule has 1 atom stereocenters. The van der Waals surface area contributed by atoms with Crippen LogP contribution >= 0.6 is 9.24 Å². The maximum Gasteiger partial charge on any atom is 0.201 e. The van der Waals surface area contributed by atoms with E-state index in [0.29, 0.717) is 21.7 Å². The Balaban J connectivity index is 2.31. The molecule has 0 fully saturated rings. The molecule has 1 aromatic heterocycles. The van der Waals surface area contributed by atoms with Gasteiger partial charge in [-0.1, -0.05) is 30.3 Å². The molecule has 102 valence electrons. The summed E-state index contributed by atoms with van der Waals surface area (Å²) in [5.74, 6) is -0.407. The van der Waals surface area contributed by atoms with Crippen molar-refractivity contribution < 1.29 is 8.81 Å². The Morgan fingerprint density at radius 2 is 1.76 bits per heavy atom. The van der Waals surface area contributed by atoms with Gasteiger partial charge in [0.2, 0.25) is 5.43 Å². The third-order valence-corrected chi connectivity index (χ3v) is 4.12. The van der Waals surface area contributed by atoms with Crippen LogP contribution in [0.25, 0.3) is 32.7 Å². The van der Waals surface area contributed by atoms with Gasteiger partial charge >= 0.3 is 0 Å². The molecule has 0 spiro atoms. The van der Waals surface area contributed by atoms with E-state index in [0.717, 1.165) is 10.8 Å². The van der Waals surface area contributed by atoms with Crippen LogP contribution in [0.3, 0.4) is 0 Å². The van der Waals surface area contributed by atoms with Gasteiger partial charge in [0.25, 0.3) is 0 Å². The van der Waals surface area contributed by atoms with Crippen molar-refractivity contribution in [1.82, 2.24) is 0 Å². The third kappa shape index (κ3) is 1.78. The molecule has 1 unspecified atom stereocenters. The number of rotatable bonds is 0. The second-order valence-corrected chi connectivity index (χ2v) is 5.58. The first-order valence-corrected chi connectivity index (χ1v) is 7.06. The fourth-order valence-electron chi connectivity index (χ4n) is 2.66. The van der Waals surface area contributed by atoms with E-state index in [1.807, 2.05) is 30.3 Å². The minimum atomic E-state index is -0.407. The van der Waals surface area contributed by atoms with Crippen molar-refractivity contribution >= 4 is 47.3 Å². The van der Waals surface area contributed by atoms with Crippen LogP contribution in [0.4, 0.5) is 4.39 Å². The predicted molar refractivity (Wildman–Crippen MR) is 86.8 cm³/mol. The molecule has 0 saturated carbocycles. The average Bonchev–Trinajstić information content (AvgIpc) is 2.49. The SMILES string of the molecule is O=c1c2cc(P)c(F)cc2oc2ccc3ccccc3c12. The van der Waals surface area contributed by atoms with Crippen LogP contribution < -0.4 is 10.7 Å². The Labute approximate surface area is 121 Å². The molecule has 1 heterocycles. The molecule has 0 saturated heterocycles. The van der Waals surface area contributed by atoms with Crippen LogP contribution in [0.15, 0.2) is 57.7 Å². The summed E-state index contributed by atoms with van der Waals surface area (Å²) in [4.78, 5) is 12.8. The van der Waals surface area contributed by atoms with Gasteiger partial charge in [0.1, 0.15) is 17.0 Å². The molecule has 0 bridgehead atoms. The summed E-state index contributed by atoms with van der Waals surface area (Å²) in [6.45, 7) is 0. The van der Waals surface area contributed by atoms with Crippen molar-refractivity contribution in [2.75, 3.05) is 0 Å². The van der Waals surface area contributed by atoms with Gasteiger partial charge in [0.05, 0.1) is 10.8 Å². The Kier molecular flexibility index (Phi) is 2.60. The van der Waals surface area contributed by atoms with Crippen molar-refractivity contribution in [3.05, 3.63) is 64.6 Å². The van der Waals surface area contributed by atoms with Crippen molar-refractivity contribution in [3.8, 4) is 0 Å². The maximum absolute atomic E-state index is 13.7. The summed E-state index contributed by atoms with van der Waals surface area (Å²) in [5, 5.41) is 3.11. The van der Waals surface area contributed by atoms with E-state index in [1.165, 1.54) is 12.1 Å². The highest BCUT2D eigenvalue weighted by atomic mass is 31.0. The van der Waals surface area contributed by atoms with Gasteiger partial charge in [0.15, 0.2) is 0 Å². The minimum Gasteiger partial charge on any atom is -0.456 e. The Morgan fingerprint density at radius 1 is 0.952 bits per heavy atom. The van der Waals surface area contributed by atoms with E-state index in [9.17, 15) is 9.18 Å². The molecule has 0 aliphatic rings. The van der Waals surface area contributed by atoms with Crippen LogP contribution in [0.5, 0.6) is 0 Å². The molecule has 4 heteroatoms. The normalized spacial score (nSPS) is 11.5. The summed E-state index contributed by atoms with van der Waals surface area (Å²) in [6.07, 6.45) is 0. The zero-order chi connectivity index (χ0) is 14.6. The van der Waals surface area contributed by atoms with E-state index in [1.54, 1.807) is 6.07 Å². The van der Waals surface area contributed by atoms with Gasteiger partial charge in [-0.2, -0.15) is 0 Å². The molecule has 4 rings (SSSR count). The second kappa shape index (κ2) is 4.37. The molecule has 4 aromatic rings. The molecule has 21 heavy (non-hydrogen) atoms. The zero-order valence-corrected chi connectivity index (χ0v) is 12.0. The lowest BCUT2D eigenvalue weighted by Crippen LogP contribution is -2.07. The third-order valence-electron chi connectivity index (χ3n) is 3.68. The van der Waals surface area contributed by atoms with E-state index < -0.39 is 5.82 Å². The predicted octanol–water partition coefficient (Wildman–Crippen LogP) is 3.74. The van der Waals surface area contributed by atoms with E-state index in [2.05, 4.69) is 9.24 Å². The average molecular weight is 296 g/mol. The standard InChI is InChI=1S/C17H10FO2P/c18-12-8-14-11(7-15(12)21)17(19)16-10-4-2-1-3-9(10)5-6-13(16)20-14/h1-8H,21H2. The minimum absolute atomic E-state index is 0.133. The Hall–Kier alpha value is -2.25. The summed E-state index contributed by atoms with van der Waals surface area (Å²) >= 11 is 0. The molecule has 0 radical (unpaired) electrons. The lowest BCUT2D eigenvalue weighted by Gasteiger charge is -2.06. The number of benzene rings is 3. The molecule has 0 aliphatic carbocycles. The van der Waals surface area contributed by atoms with Crippen LogP contribution in [-0.2, 0) is 0 Å². The summed E-state index contributed by atoms with van der Waals surface area (Å²) in [7, 11) is 2.29. The van der Waals surface area contributed by atoms with E-state index >= 15 is 0 Å². The van der Waals surface area contributed by atoms with Crippen LogP contribution in [0.1, 0.15) is 0 Å². The van der Waals surface area contributed by atoms with Gasteiger partial charge < -0.3 is 4.42 Å². The fourth-order valence-corrected chi connectivity index (χ4v) is 2.91. The van der Waals surface area contributed by atoms with Crippen molar-refractivity contribution in [3.63, 3.8) is 0 Å². The van der Waals surface area contributed by atoms with Gasteiger partial charge in [0, 0.05) is 11.4 Å². The molecule has 3 aromatic carbocycles. The van der Waals surface area contributed by atoms with Crippen LogP contribution in [0.2, 0.25) is 0 Å². The highest BCUT2D eigenvalue weighted by Crippen LogP contribution is 2.26. The maximum atomic E-state index is 13.7. The first kappa shape index (κ1) is 12.5. The lowest BCUT2D eigenvalue weighted by molar-refractivity contribution is 0.622. The van der Waals surface area contributed by atoms with Gasteiger partial charge in [-0.15, -0.1) is 9.24 Å². The van der Waals surface area contributed by atoms with Gasteiger partial charge in [-0.25, -0.2) is 4.39 Å². The van der Waals surface area contributed by atoms with Crippen LogP contribution in [0, 0.1) is 5.82 Å². The fraction of sp³-hybridized carbons (Fsp3) is 0. The summed E-state index contributed by atoms with van der Waals surface area (Å²) < 4.78 is 19.4. The smallest absolute Gasteiger partial charge is 0.201 e. The first-order valence-electron chi connectivity index (χ1n) is 6.48. The summed E-state index contributed by atoms with van der Waals surface area (Å²) in [5.41, 5.74) is 0.611. The van der Waals surface area contributed by atoms with E-state index in [-0.39, 0.29) is 11.0 Å². The molecule has 0 amide bonds. The quantitative estimate of drug-likeness (QED) is 0.281. The van der Waals surface area contributed by atoms with Crippen molar-refractivity contribution in [1.29, 1.82) is 0 Å². The van der Waals surface area contributed by atoms with E-state index in [4.69, 9.17) is 4.42 Å². The number of hydrogen-bond donors (Lipinski definition) is 0. The zero-order valence-electron chi connectivity index (χ0n) is 10.9. The van der Waals surface area contributed by atoms with Crippen molar-refractivity contribution in [2.45, 2.75) is 0 Å². The molecular formula is C17H10FO2P. The van der Waals surface area contributed by atoms with Gasteiger partial charge in [-0.05, 0) is 22.9 Å². The Bertz CT molecular complexity index is 1080. The second-order valence-electron chi connectivity index (χ2n) is 4.96. The molecule has 2 nitrogen and oxygen atoms in total. The van der Waals surface area contributed by atoms with Crippen molar-refractivity contribution in [2.24, 2.45) is 0 Å². The Morgan fingerprint density at radius 3 is 2.62 bits per heavy atom. The monoisotopic (exact) mass is 296 g/mol. The largest absolute Gasteiger partial charge is 0.456 e. The van der Waals surface area contributed by atoms with Crippen LogP contribution in [-0.4, -0.2) is 0 Å². The summed E-state index contributed by atoms with van der Waals surface area (Å²) in [6, 6.07) is 14.1. The molecular weight excluding hydrogens is 286 g/mol. The first-order chi connectivity index (χ1) is 10.1. The highest BCUT2D eigenvalue weighted by Gasteiger charge is 2.12.